The molecule has 0 spiro atoms. The predicted molar refractivity (Wildman–Crippen MR) is 191 cm³/mol. The summed E-state index contributed by atoms with van der Waals surface area (Å²) in [6.07, 6.45) is 0.761. The molecule has 17 N–H and O–H groups in total. The normalized spacial score (nSPS) is 19.0. The maximum Gasteiger partial charge on any atom is 0.243 e. The van der Waals surface area contributed by atoms with E-state index in [2.05, 4.69) is 26.6 Å². The maximum atomic E-state index is 14.0. The number of nitrogens with one attached hydrogen (secondary N) is 5. The standard InChI is InChI=1S/C34H52N10O7/c35-10-1-3-24-33(50)44-27(34(51)42-25(4-2-11-36)32(49)43-26(9-12-37)31(48)40-14-13-38)18-22-16-20(6-8-29(22)46)19-5-7-28(45)21(15-19)17-23(39)30(47)41-24/h5-8,15-16,23-27,45-46H,1-4,9-14,17-18,35-39H2,(H,40,48)(H,41,47)(H,42,51)(H,43,49)(H,44,50)/t23-,24-,25-,26-,27?/m0/s1. The molecule has 2 aromatic carbocycles. The number of aromatic hydroxyl groups is 2. The van der Waals surface area contributed by atoms with Crippen LogP contribution in [0.1, 0.15) is 43.2 Å². The lowest BCUT2D eigenvalue weighted by atomic mass is 9.95. The number of rotatable bonds is 15. The molecule has 1 unspecified atom stereocenters. The van der Waals surface area contributed by atoms with Crippen molar-refractivity contribution in [3.63, 3.8) is 0 Å². The molecule has 1 aliphatic rings. The zero-order valence-electron chi connectivity index (χ0n) is 28.7. The topological polar surface area (TPSA) is 316 Å². The Morgan fingerprint density at radius 2 is 1.35 bits per heavy atom. The van der Waals surface area contributed by atoms with Crippen molar-refractivity contribution in [1.29, 1.82) is 0 Å². The van der Waals surface area contributed by atoms with E-state index in [1.807, 2.05) is 0 Å². The van der Waals surface area contributed by atoms with Crippen LogP contribution in [0, 0.1) is 0 Å². The summed E-state index contributed by atoms with van der Waals surface area (Å²) in [7, 11) is 0. The molecule has 280 valence electrons. The molecule has 2 aromatic rings. The first-order valence-corrected chi connectivity index (χ1v) is 17.1. The third-order valence-electron chi connectivity index (χ3n) is 8.52. The van der Waals surface area contributed by atoms with Gasteiger partial charge in [0.05, 0.1) is 6.04 Å². The van der Waals surface area contributed by atoms with E-state index in [0.29, 0.717) is 35.1 Å². The molecule has 17 heteroatoms. The van der Waals surface area contributed by atoms with Gasteiger partial charge in [-0.25, -0.2) is 0 Å². The Labute approximate surface area is 296 Å². The first-order chi connectivity index (χ1) is 24.4. The number of fused-ring (bicyclic) bond motifs is 5. The van der Waals surface area contributed by atoms with E-state index >= 15 is 0 Å². The summed E-state index contributed by atoms with van der Waals surface area (Å²) in [5.41, 5.74) is 30.8. The van der Waals surface area contributed by atoms with Gasteiger partial charge in [-0.15, -0.1) is 0 Å². The number of hydrogen-bond donors (Lipinski definition) is 12. The highest BCUT2D eigenvalue weighted by Crippen LogP contribution is 2.31. The van der Waals surface area contributed by atoms with Crippen molar-refractivity contribution >= 4 is 29.5 Å². The van der Waals surface area contributed by atoms with Gasteiger partial charge in [0.25, 0.3) is 0 Å². The molecule has 0 aliphatic carbocycles. The van der Waals surface area contributed by atoms with Crippen LogP contribution in [0.3, 0.4) is 0 Å². The van der Waals surface area contributed by atoms with E-state index in [4.69, 9.17) is 28.7 Å². The van der Waals surface area contributed by atoms with E-state index in [-0.39, 0.29) is 76.3 Å². The average molecular weight is 713 g/mol. The van der Waals surface area contributed by atoms with Crippen LogP contribution in [-0.4, -0.2) is 103 Å². The Kier molecular flexibility index (Phi) is 16.0. The second kappa shape index (κ2) is 20.1. The van der Waals surface area contributed by atoms with Gasteiger partial charge in [-0.1, -0.05) is 12.1 Å². The van der Waals surface area contributed by atoms with Crippen LogP contribution >= 0.6 is 0 Å². The second-order valence-corrected chi connectivity index (χ2v) is 12.5. The van der Waals surface area contributed by atoms with Crippen LogP contribution in [0.5, 0.6) is 11.5 Å². The van der Waals surface area contributed by atoms with Gasteiger partial charge in [-0.05, 0) is 98.3 Å². The van der Waals surface area contributed by atoms with Gasteiger partial charge in [0, 0.05) is 25.9 Å². The SMILES string of the molecule is NCCC[C@H](NC(=O)C1Cc2cc(ccc2O)-c2ccc(O)c(c2)C[C@H](N)C(=O)N[C@@H](CCCN)C(=O)N1)C(=O)N[C@@H](CCN)C(=O)NCCN. The molecule has 0 fully saturated rings. The minimum atomic E-state index is -1.36. The number of hydrogen-bond acceptors (Lipinski definition) is 12. The summed E-state index contributed by atoms with van der Waals surface area (Å²) < 4.78 is 0. The molecule has 0 radical (unpaired) electrons. The van der Waals surface area contributed by atoms with Crippen LogP contribution in [0.2, 0.25) is 0 Å². The Balaban J connectivity index is 2.02. The van der Waals surface area contributed by atoms with Gasteiger partial charge in [0.1, 0.15) is 35.7 Å². The molecule has 5 atom stereocenters. The molecule has 4 bridgehead atoms. The Morgan fingerprint density at radius 3 is 1.94 bits per heavy atom. The van der Waals surface area contributed by atoms with E-state index in [0.717, 1.165) is 0 Å². The molecule has 0 aromatic heterocycles. The van der Waals surface area contributed by atoms with Crippen LogP contribution in [0.25, 0.3) is 11.1 Å². The Bertz CT molecular complexity index is 1520. The number of amides is 5. The third-order valence-corrected chi connectivity index (χ3v) is 8.52. The third kappa shape index (κ3) is 11.9. The molecule has 1 heterocycles. The first kappa shape index (κ1) is 40.6. The van der Waals surface area contributed by atoms with Gasteiger partial charge in [0.15, 0.2) is 0 Å². The zero-order valence-corrected chi connectivity index (χ0v) is 28.7. The quantitative estimate of drug-likeness (QED) is 0.0881. The average Bonchev–Trinajstić information content (AvgIpc) is 3.11. The number of benzene rings is 2. The van der Waals surface area contributed by atoms with Crippen molar-refractivity contribution in [2.24, 2.45) is 28.7 Å². The molecule has 17 nitrogen and oxygen atoms in total. The minimum absolute atomic E-state index is 0.0419. The molecule has 0 saturated heterocycles. The van der Waals surface area contributed by atoms with Gasteiger partial charge < -0.3 is 65.5 Å². The zero-order chi connectivity index (χ0) is 37.5. The van der Waals surface area contributed by atoms with Crippen LogP contribution in [0.15, 0.2) is 36.4 Å². The largest absolute Gasteiger partial charge is 0.508 e. The molecular formula is C34H52N10O7. The summed E-state index contributed by atoms with van der Waals surface area (Å²) in [6.45, 7) is 0.883. The van der Waals surface area contributed by atoms with E-state index in [1.54, 1.807) is 24.3 Å². The summed E-state index contributed by atoms with van der Waals surface area (Å²) in [4.78, 5) is 67.2. The van der Waals surface area contributed by atoms with Crippen LogP contribution in [-0.2, 0) is 36.8 Å². The lowest BCUT2D eigenvalue weighted by molar-refractivity contribution is -0.134. The molecular weight excluding hydrogens is 660 g/mol. The lowest BCUT2D eigenvalue weighted by Crippen LogP contribution is -2.59. The fraction of sp³-hybridized carbons (Fsp3) is 0.500. The smallest absolute Gasteiger partial charge is 0.243 e. The molecule has 1 aliphatic heterocycles. The first-order valence-electron chi connectivity index (χ1n) is 17.1. The van der Waals surface area contributed by atoms with Gasteiger partial charge >= 0.3 is 0 Å². The van der Waals surface area contributed by atoms with E-state index in [1.165, 1.54) is 12.1 Å². The Morgan fingerprint density at radius 1 is 0.745 bits per heavy atom. The maximum absolute atomic E-state index is 14.0. The lowest BCUT2D eigenvalue weighted by Gasteiger charge is -2.27. The predicted octanol–water partition coefficient (Wildman–Crippen LogP) is -2.97. The summed E-state index contributed by atoms with van der Waals surface area (Å²) in [5, 5.41) is 34.7. The van der Waals surface area contributed by atoms with Gasteiger partial charge in [-0.2, -0.15) is 0 Å². The van der Waals surface area contributed by atoms with Crippen molar-refractivity contribution in [2.75, 3.05) is 32.7 Å². The van der Waals surface area contributed by atoms with Crippen LogP contribution in [0.4, 0.5) is 0 Å². The molecule has 3 rings (SSSR count). The van der Waals surface area contributed by atoms with Crippen LogP contribution < -0.4 is 55.3 Å². The fourth-order valence-electron chi connectivity index (χ4n) is 5.65. The van der Waals surface area contributed by atoms with E-state index in [9.17, 15) is 34.2 Å². The monoisotopic (exact) mass is 712 g/mol. The van der Waals surface area contributed by atoms with E-state index < -0.39 is 59.7 Å². The molecule has 51 heavy (non-hydrogen) atoms. The second-order valence-electron chi connectivity index (χ2n) is 12.5. The van der Waals surface area contributed by atoms with Crippen molar-refractivity contribution in [1.82, 2.24) is 26.6 Å². The summed E-state index contributed by atoms with van der Waals surface area (Å²) in [5.74, 6) is -3.54. The highest BCUT2D eigenvalue weighted by Gasteiger charge is 2.32. The number of phenolic OH excluding ortho intramolecular Hbond substituents is 2. The van der Waals surface area contributed by atoms with Crippen molar-refractivity contribution in [3.05, 3.63) is 47.5 Å². The fourth-order valence-corrected chi connectivity index (χ4v) is 5.65. The molecule has 0 saturated carbocycles. The van der Waals surface area contributed by atoms with Crippen molar-refractivity contribution < 1.29 is 34.2 Å². The number of phenols is 2. The van der Waals surface area contributed by atoms with Crippen molar-refractivity contribution in [3.8, 4) is 22.6 Å². The number of carbonyl (C=O) groups excluding carboxylic acids is 5. The van der Waals surface area contributed by atoms with Crippen molar-refractivity contribution in [2.45, 2.75) is 75.2 Å². The number of nitrogens with two attached hydrogens (primary N) is 5. The highest BCUT2D eigenvalue weighted by molar-refractivity contribution is 5.96. The highest BCUT2D eigenvalue weighted by atomic mass is 16.3. The van der Waals surface area contributed by atoms with Gasteiger partial charge in [0.2, 0.25) is 29.5 Å². The molecule has 5 amide bonds. The minimum Gasteiger partial charge on any atom is -0.508 e. The Hall–Kier alpha value is -4.81. The number of carbonyl (C=O) groups is 5. The summed E-state index contributed by atoms with van der Waals surface area (Å²) >= 11 is 0. The van der Waals surface area contributed by atoms with Gasteiger partial charge in [-0.3, -0.25) is 24.0 Å². The summed E-state index contributed by atoms with van der Waals surface area (Å²) in [6, 6.07) is 3.72.